The van der Waals surface area contributed by atoms with Gasteiger partial charge in [0.15, 0.2) is 5.82 Å². The van der Waals surface area contributed by atoms with Crippen LogP contribution in [0, 0.1) is 11.3 Å². The molecule has 0 spiro atoms. The molecule has 1 aromatic heterocycles. The number of nitriles is 1. The molecule has 24 heavy (non-hydrogen) atoms. The van der Waals surface area contributed by atoms with Gasteiger partial charge in [0, 0.05) is 26.1 Å². The van der Waals surface area contributed by atoms with E-state index in [4.69, 9.17) is 14.7 Å². The maximum Gasteiger partial charge on any atom is 0.180 e. The Balaban J connectivity index is 1.47. The number of aromatic amines is 1. The molecule has 1 atom stereocenters. The summed E-state index contributed by atoms with van der Waals surface area (Å²) < 4.78 is 11.5. The lowest BCUT2D eigenvalue weighted by Crippen LogP contribution is -2.40. The Hall–Kier alpha value is -2.43. The van der Waals surface area contributed by atoms with Crippen LogP contribution in [-0.4, -0.2) is 52.9 Å². The Labute approximate surface area is 141 Å². The molecule has 1 N–H and O–H groups in total. The number of hydrogen-bond donors (Lipinski definition) is 1. The molecule has 3 rings (SSSR count). The minimum Gasteiger partial charge on any atom is -0.492 e. The van der Waals surface area contributed by atoms with Gasteiger partial charge in [0.1, 0.15) is 24.3 Å². The van der Waals surface area contributed by atoms with Gasteiger partial charge in [0.05, 0.1) is 18.2 Å². The number of H-pyrrole nitrogens is 1. The quantitative estimate of drug-likeness (QED) is 0.869. The molecule has 126 valence electrons. The normalized spacial score (nSPS) is 18.2. The predicted molar refractivity (Wildman–Crippen MR) is 87.5 cm³/mol. The van der Waals surface area contributed by atoms with Crippen LogP contribution in [0.15, 0.2) is 24.3 Å². The second-order valence-corrected chi connectivity index (χ2v) is 5.64. The number of benzene rings is 1. The lowest BCUT2D eigenvalue weighted by atomic mass is 10.2. The maximum absolute atomic E-state index is 8.79. The van der Waals surface area contributed by atoms with E-state index in [1.165, 1.54) is 0 Å². The fourth-order valence-electron chi connectivity index (χ4n) is 2.59. The first-order valence-corrected chi connectivity index (χ1v) is 8.16. The van der Waals surface area contributed by atoms with Crippen LogP contribution in [-0.2, 0) is 11.2 Å². The largest absolute Gasteiger partial charge is 0.492 e. The fraction of sp³-hybridized carbons (Fsp3) is 0.471. The van der Waals surface area contributed by atoms with E-state index in [0.29, 0.717) is 18.8 Å². The van der Waals surface area contributed by atoms with Crippen molar-refractivity contribution in [1.29, 1.82) is 5.26 Å². The third kappa shape index (κ3) is 4.10. The van der Waals surface area contributed by atoms with Crippen molar-refractivity contribution in [2.45, 2.75) is 19.4 Å². The molecule has 1 aliphatic heterocycles. The second-order valence-electron chi connectivity index (χ2n) is 5.64. The summed E-state index contributed by atoms with van der Waals surface area (Å²) in [6.45, 7) is 5.74. The average molecular weight is 327 g/mol. The second kappa shape index (κ2) is 7.90. The van der Waals surface area contributed by atoms with Gasteiger partial charge in [-0.25, -0.2) is 4.98 Å². The van der Waals surface area contributed by atoms with Gasteiger partial charge in [-0.1, -0.05) is 6.92 Å². The molecule has 7 nitrogen and oxygen atoms in total. The van der Waals surface area contributed by atoms with Crippen molar-refractivity contribution < 1.29 is 9.47 Å². The highest BCUT2D eigenvalue weighted by molar-refractivity contribution is 5.34. The molecule has 1 unspecified atom stereocenters. The Morgan fingerprint density at radius 1 is 1.42 bits per heavy atom. The van der Waals surface area contributed by atoms with Crippen molar-refractivity contribution in [3.05, 3.63) is 41.5 Å². The van der Waals surface area contributed by atoms with E-state index in [2.05, 4.69) is 26.2 Å². The Kier molecular flexibility index (Phi) is 5.41. The van der Waals surface area contributed by atoms with Gasteiger partial charge >= 0.3 is 0 Å². The molecule has 0 bridgehead atoms. The van der Waals surface area contributed by atoms with Gasteiger partial charge in [-0.3, -0.25) is 10.00 Å². The summed E-state index contributed by atoms with van der Waals surface area (Å²) in [5.74, 6) is 2.39. The monoisotopic (exact) mass is 327 g/mol. The first kappa shape index (κ1) is 16.4. The summed E-state index contributed by atoms with van der Waals surface area (Å²) in [6, 6.07) is 9.25. The third-order valence-corrected chi connectivity index (χ3v) is 3.98. The molecular formula is C17H21N5O2. The van der Waals surface area contributed by atoms with E-state index in [-0.39, 0.29) is 6.10 Å². The summed E-state index contributed by atoms with van der Waals surface area (Å²) in [4.78, 5) is 6.75. The number of rotatable bonds is 6. The van der Waals surface area contributed by atoms with E-state index in [1.807, 2.05) is 19.1 Å². The highest BCUT2D eigenvalue weighted by atomic mass is 16.5. The van der Waals surface area contributed by atoms with Crippen LogP contribution in [0.3, 0.4) is 0 Å². The van der Waals surface area contributed by atoms with E-state index < -0.39 is 0 Å². The fourth-order valence-corrected chi connectivity index (χ4v) is 2.59. The van der Waals surface area contributed by atoms with Crippen LogP contribution in [0.4, 0.5) is 0 Å². The zero-order chi connectivity index (χ0) is 16.8. The molecule has 0 amide bonds. The van der Waals surface area contributed by atoms with Crippen LogP contribution in [0.5, 0.6) is 5.75 Å². The highest BCUT2D eigenvalue weighted by Crippen LogP contribution is 2.19. The van der Waals surface area contributed by atoms with E-state index in [0.717, 1.165) is 43.5 Å². The molecule has 7 heteroatoms. The molecule has 1 aromatic carbocycles. The van der Waals surface area contributed by atoms with Gasteiger partial charge < -0.3 is 9.47 Å². The standard InChI is InChI=1S/C17H21N5O2/c1-2-16-19-17(21-20-16)15-12-22(8-10-24-15)7-9-23-14-5-3-13(11-18)4-6-14/h3-6,15H,2,7-10,12H2,1H3,(H,19,20,21). The van der Waals surface area contributed by atoms with Crippen molar-refractivity contribution in [2.75, 3.05) is 32.8 Å². The average Bonchev–Trinajstić information content (AvgIpc) is 3.12. The van der Waals surface area contributed by atoms with E-state index >= 15 is 0 Å². The summed E-state index contributed by atoms with van der Waals surface area (Å²) in [7, 11) is 0. The lowest BCUT2D eigenvalue weighted by molar-refractivity contribution is -0.0369. The summed E-state index contributed by atoms with van der Waals surface area (Å²) in [5, 5.41) is 16.0. The van der Waals surface area contributed by atoms with E-state index in [1.54, 1.807) is 12.1 Å². The minimum atomic E-state index is -0.0924. The van der Waals surface area contributed by atoms with Crippen molar-refractivity contribution in [1.82, 2.24) is 20.1 Å². The van der Waals surface area contributed by atoms with Gasteiger partial charge in [0.25, 0.3) is 0 Å². The Morgan fingerprint density at radius 2 is 2.25 bits per heavy atom. The van der Waals surface area contributed by atoms with Crippen molar-refractivity contribution >= 4 is 0 Å². The number of hydrogen-bond acceptors (Lipinski definition) is 6. The number of nitrogens with zero attached hydrogens (tertiary/aromatic N) is 4. The molecule has 0 radical (unpaired) electrons. The number of morpholine rings is 1. The van der Waals surface area contributed by atoms with Gasteiger partial charge in [-0.2, -0.15) is 10.4 Å². The third-order valence-electron chi connectivity index (χ3n) is 3.98. The van der Waals surface area contributed by atoms with Crippen LogP contribution in [0.1, 0.15) is 30.2 Å². The van der Waals surface area contributed by atoms with E-state index in [9.17, 15) is 0 Å². The summed E-state index contributed by atoms with van der Waals surface area (Å²) in [6.07, 6.45) is 0.743. The molecule has 1 aliphatic rings. The molecule has 1 fully saturated rings. The van der Waals surface area contributed by atoms with Crippen LogP contribution < -0.4 is 4.74 Å². The van der Waals surface area contributed by atoms with Gasteiger partial charge in [0.2, 0.25) is 0 Å². The summed E-state index contributed by atoms with van der Waals surface area (Å²) >= 11 is 0. The number of nitrogens with one attached hydrogen (secondary N) is 1. The molecule has 0 aliphatic carbocycles. The van der Waals surface area contributed by atoms with Crippen molar-refractivity contribution in [3.63, 3.8) is 0 Å². The molecule has 2 heterocycles. The van der Waals surface area contributed by atoms with Crippen molar-refractivity contribution in [2.24, 2.45) is 0 Å². The lowest BCUT2D eigenvalue weighted by Gasteiger charge is -2.31. The molecule has 2 aromatic rings. The van der Waals surface area contributed by atoms with Gasteiger partial charge in [-0.05, 0) is 24.3 Å². The Bertz CT molecular complexity index is 692. The van der Waals surface area contributed by atoms with Gasteiger partial charge in [-0.15, -0.1) is 0 Å². The first-order chi connectivity index (χ1) is 11.8. The first-order valence-electron chi connectivity index (χ1n) is 8.16. The Morgan fingerprint density at radius 3 is 2.96 bits per heavy atom. The topological polar surface area (TPSA) is 87.1 Å². The van der Waals surface area contributed by atoms with Crippen LogP contribution in [0.25, 0.3) is 0 Å². The minimum absolute atomic E-state index is 0.0924. The van der Waals surface area contributed by atoms with Crippen LogP contribution >= 0.6 is 0 Å². The molecule has 0 saturated carbocycles. The molecular weight excluding hydrogens is 306 g/mol. The predicted octanol–water partition coefficient (Wildman–Crippen LogP) is 1.69. The number of aromatic nitrogens is 3. The summed E-state index contributed by atoms with van der Waals surface area (Å²) in [5.41, 5.74) is 0.635. The number of aryl methyl sites for hydroxylation is 1. The highest BCUT2D eigenvalue weighted by Gasteiger charge is 2.25. The molecule has 1 saturated heterocycles. The SMILES string of the molecule is CCc1nc(C2CN(CCOc3ccc(C#N)cc3)CCO2)n[nH]1. The maximum atomic E-state index is 8.79. The zero-order valence-corrected chi connectivity index (χ0v) is 13.7. The van der Waals surface area contributed by atoms with Crippen molar-refractivity contribution in [3.8, 4) is 11.8 Å². The smallest absolute Gasteiger partial charge is 0.180 e. The van der Waals surface area contributed by atoms with Crippen LogP contribution in [0.2, 0.25) is 0 Å². The zero-order valence-electron chi connectivity index (χ0n) is 13.7. The number of ether oxygens (including phenoxy) is 2.